The highest BCUT2D eigenvalue weighted by molar-refractivity contribution is 14.0. The Bertz CT molecular complexity index is 347. The van der Waals surface area contributed by atoms with E-state index < -0.39 is 0 Å². The van der Waals surface area contributed by atoms with E-state index in [0.29, 0.717) is 0 Å². The van der Waals surface area contributed by atoms with Gasteiger partial charge in [0.05, 0.1) is 0 Å². The van der Waals surface area contributed by atoms with E-state index in [1.807, 2.05) is 0 Å². The number of thioether (sulfide) groups is 1. The van der Waals surface area contributed by atoms with Crippen LogP contribution in [0.4, 0.5) is 0 Å². The Hall–Kier alpha value is -0.180. The van der Waals surface area contributed by atoms with Gasteiger partial charge in [0.1, 0.15) is 6.54 Å². The fraction of sp³-hybridized carbons (Fsp3) is 0.875. The first-order valence-electron chi connectivity index (χ1n) is 8.34. The zero-order chi connectivity index (χ0) is 16.2. The Morgan fingerprint density at radius 2 is 1.87 bits per heavy atom. The van der Waals surface area contributed by atoms with Gasteiger partial charge in [-0.25, -0.2) is 4.99 Å². The van der Waals surface area contributed by atoms with Crippen molar-refractivity contribution in [3.63, 3.8) is 0 Å². The van der Waals surface area contributed by atoms with Crippen molar-refractivity contribution >= 4 is 47.6 Å². The second-order valence-corrected chi connectivity index (χ2v) is 7.08. The van der Waals surface area contributed by atoms with Crippen molar-refractivity contribution in [3.05, 3.63) is 0 Å². The predicted octanol–water partition coefficient (Wildman–Crippen LogP) is 2.56. The maximum Gasteiger partial charge on any atom is 0.243 e. The maximum absolute atomic E-state index is 11.6. The fourth-order valence-electron chi connectivity index (χ4n) is 2.63. The van der Waals surface area contributed by atoms with E-state index in [0.717, 1.165) is 30.7 Å². The first-order chi connectivity index (χ1) is 10.6. The van der Waals surface area contributed by atoms with Crippen LogP contribution in [-0.4, -0.2) is 62.5 Å². The summed E-state index contributed by atoms with van der Waals surface area (Å²) < 4.78 is 0. The highest BCUT2D eigenvalue weighted by atomic mass is 127. The number of amides is 1. The SMILES string of the molecule is CSCCNC(=NCC(=O)N(C)C)NCCCC1CCCC1.I. The lowest BCUT2D eigenvalue weighted by Gasteiger charge is -2.14. The number of rotatable bonds is 9. The van der Waals surface area contributed by atoms with E-state index in [9.17, 15) is 4.79 Å². The van der Waals surface area contributed by atoms with E-state index >= 15 is 0 Å². The second-order valence-electron chi connectivity index (χ2n) is 6.09. The van der Waals surface area contributed by atoms with Crippen molar-refractivity contribution < 1.29 is 4.79 Å². The molecule has 5 nitrogen and oxygen atoms in total. The molecule has 0 unspecified atom stereocenters. The average Bonchev–Trinajstić information content (AvgIpc) is 3.01. The lowest BCUT2D eigenvalue weighted by molar-refractivity contribution is -0.127. The van der Waals surface area contributed by atoms with Crippen molar-refractivity contribution in [1.82, 2.24) is 15.5 Å². The lowest BCUT2D eigenvalue weighted by Crippen LogP contribution is -2.40. The van der Waals surface area contributed by atoms with Crippen LogP contribution < -0.4 is 10.6 Å². The minimum absolute atomic E-state index is 0. The van der Waals surface area contributed by atoms with Gasteiger partial charge < -0.3 is 15.5 Å². The number of carbonyl (C=O) groups excluding carboxylic acids is 1. The molecule has 7 heteroatoms. The molecule has 0 heterocycles. The van der Waals surface area contributed by atoms with Gasteiger partial charge in [-0.1, -0.05) is 25.7 Å². The van der Waals surface area contributed by atoms with Crippen LogP contribution in [0.25, 0.3) is 0 Å². The molecular formula is C16H33IN4OS. The summed E-state index contributed by atoms with van der Waals surface area (Å²) in [7, 11) is 3.52. The number of guanidine groups is 1. The molecule has 0 saturated heterocycles. The zero-order valence-electron chi connectivity index (χ0n) is 14.8. The number of halogens is 1. The third-order valence-electron chi connectivity index (χ3n) is 4.03. The number of carbonyl (C=O) groups is 1. The van der Waals surface area contributed by atoms with Gasteiger partial charge in [-0.2, -0.15) is 11.8 Å². The second kappa shape index (κ2) is 14.2. The summed E-state index contributed by atoms with van der Waals surface area (Å²) in [5, 5.41) is 6.65. The Morgan fingerprint density at radius 1 is 1.22 bits per heavy atom. The summed E-state index contributed by atoms with van der Waals surface area (Å²) in [4.78, 5) is 17.6. The highest BCUT2D eigenvalue weighted by Crippen LogP contribution is 2.28. The van der Waals surface area contributed by atoms with Gasteiger partial charge in [-0.05, 0) is 25.0 Å². The van der Waals surface area contributed by atoms with E-state index in [2.05, 4.69) is 21.9 Å². The third-order valence-corrected chi connectivity index (χ3v) is 4.64. The van der Waals surface area contributed by atoms with Gasteiger partial charge in [0.15, 0.2) is 5.96 Å². The number of nitrogens with one attached hydrogen (secondary N) is 2. The van der Waals surface area contributed by atoms with Gasteiger partial charge in [0, 0.05) is 32.9 Å². The molecule has 1 aliphatic rings. The van der Waals surface area contributed by atoms with Crippen LogP contribution in [0.15, 0.2) is 4.99 Å². The lowest BCUT2D eigenvalue weighted by atomic mass is 10.0. The predicted molar refractivity (Wildman–Crippen MR) is 112 cm³/mol. The summed E-state index contributed by atoms with van der Waals surface area (Å²) in [6, 6.07) is 0. The Kier molecular flexibility index (Phi) is 14.1. The number of hydrogen-bond donors (Lipinski definition) is 2. The first-order valence-corrected chi connectivity index (χ1v) is 9.74. The number of aliphatic imine (C=N–C) groups is 1. The van der Waals surface area contributed by atoms with Gasteiger partial charge in [0.2, 0.25) is 5.91 Å². The van der Waals surface area contributed by atoms with Crippen molar-refractivity contribution in [1.29, 1.82) is 0 Å². The van der Waals surface area contributed by atoms with Crippen LogP contribution in [0.3, 0.4) is 0 Å². The van der Waals surface area contributed by atoms with Crippen LogP contribution in [0, 0.1) is 5.92 Å². The van der Waals surface area contributed by atoms with Crippen LogP contribution in [0.5, 0.6) is 0 Å². The highest BCUT2D eigenvalue weighted by Gasteiger charge is 2.14. The molecule has 1 fully saturated rings. The molecule has 1 aliphatic carbocycles. The molecule has 0 aromatic carbocycles. The van der Waals surface area contributed by atoms with Gasteiger partial charge >= 0.3 is 0 Å². The Labute approximate surface area is 162 Å². The molecule has 0 bridgehead atoms. The smallest absolute Gasteiger partial charge is 0.243 e. The molecule has 0 radical (unpaired) electrons. The van der Waals surface area contributed by atoms with Crippen LogP contribution in [0.1, 0.15) is 38.5 Å². The quantitative estimate of drug-likeness (QED) is 0.242. The van der Waals surface area contributed by atoms with Crippen molar-refractivity contribution in [3.8, 4) is 0 Å². The molecule has 0 atom stereocenters. The summed E-state index contributed by atoms with van der Waals surface area (Å²) in [5.41, 5.74) is 0. The summed E-state index contributed by atoms with van der Waals surface area (Å²) in [6.45, 7) is 1.99. The fourth-order valence-corrected chi connectivity index (χ4v) is 2.94. The van der Waals surface area contributed by atoms with Crippen molar-refractivity contribution in [2.24, 2.45) is 10.9 Å². The van der Waals surface area contributed by atoms with Gasteiger partial charge in [-0.3, -0.25) is 4.79 Å². The van der Waals surface area contributed by atoms with Crippen LogP contribution >= 0.6 is 35.7 Å². The molecule has 23 heavy (non-hydrogen) atoms. The van der Waals surface area contributed by atoms with Crippen LogP contribution in [0.2, 0.25) is 0 Å². The topological polar surface area (TPSA) is 56.7 Å². The summed E-state index contributed by atoms with van der Waals surface area (Å²) >= 11 is 1.80. The van der Waals surface area contributed by atoms with Gasteiger partial charge in [0.25, 0.3) is 0 Å². The van der Waals surface area contributed by atoms with E-state index in [4.69, 9.17) is 0 Å². The third kappa shape index (κ3) is 11.1. The normalized spacial score (nSPS) is 15.2. The Balaban J connectivity index is 0.00000484. The van der Waals surface area contributed by atoms with Crippen molar-refractivity contribution in [2.75, 3.05) is 45.7 Å². The maximum atomic E-state index is 11.6. The van der Waals surface area contributed by atoms with E-state index in [-0.39, 0.29) is 36.4 Å². The minimum atomic E-state index is 0. The molecule has 0 aromatic rings. The average molecular weight is 456 g/mol. The molecular weight excluding hydrogens is 423 g/mol. The van der Waals surface area contributed by atoms with E-state index in [1.165, 1.54) is 38.5 Å². The van der Waals surface area contributed by atoms with Crippen LogP contribution in [-0.2, 0) is 4.79 Å². The molecule has 1 rings (SSSR count). The summed E-state index contributed by atoms with van der Waals surface area (Å²) in [6.07, 6.45) is 10.2. The number of likely N-dealkylation sites (N-methyl/N-ethyl adjacent to an activating group) is 1. The molecule has 0 aliphatic heterocycles. The Morgan fingerprint density at radius 3 is 2.48 bits per heavy atom. The van der Waals surface area contributed by atoms with E-state index in [1.54, 1.807) is 30.8 Å². The molecule has 0 aromatic heterocycles. The molecule has 136 valence electrons. The van der Waals surface area contributed by atoms with Crippen molar-refractivity contribution in [2.45, 2.75) is 38.5 Å². The molecule has 0 spiro atoms. The van der Waals surface area contributed by atoms with Gasteiger partial charge in [-0.15, -0.1) is 24.0 Å². The molecule has 1 amide bonds. The first kappa shape index (κ1) is 22.8. The molecule has 2 N–H and O–H groups in total. The standard InChI is InChI=1S/C16H32N4OS.HI/c1-20(2)15(21)13-19-16(18-11-12-22-3)17-10-6-9-14-7-4-5-8-14;/h14H,4-13H2,1-3H3,(H2,17,18,19);1H. The monoisotopic (exact) mass is 456 g/mol. The summed E-state index contributed by atoms with van der Waals surface area (Å²) in [5.74, 6) is 2.75. The largest absolute Gasteiger partial charge is 0.356 e. The minimum Gasteiger partial charge on any atom is -0.356 e. The number of hydrogen-bond acceptors (Lipinski definition) is 3. The molecule has 1 saturated carbocycles. The zero-order valence-corrected chi connectivity index (χ0v) is 17.9. The number of nitrogens with zero attached hydrogens (tertiary/aromatic N) is 2.